The van der Waals surface area contributed by atoms with Crippen LogP contribution in [0, 0.1) is 12.8 Å². The maximum atomic E-state index is 13.1. The number of rotatable bonds is 9. The third-order valence-electron chi connectivity index (χ3n) is 5.97. The number of benzene rings is 1. The molecular formula is C23H35N3O6S. The average Bonchev–Trinajstić information content (AvgIpc) is 2.79. The lowest BCUT2D eigenvalue weighted by atomic mass is 9.97. The molecule has 0 radical (unpaired) electrons. The molecule has 2 amide bonds. The van der Waals surface area contributed by atoms with E-state index >= 15 is 0 Å². The normalized spacial score (nSPS) is 14.9. The third-order valence-corrected chi connectivity index (χ3v) is 8.02. The molecule has 1 saturated heterocycles. The highest BCUT2D eigenvalue weighted by molar-refractivity contribution is 7.89. The molecule has 10 heteroatoms. The topological polar surface area (TPSA) is 104 Å². The van der Waals surface area contributed by atoms with E-state index in [2.05, 4.69) is 0 Å². The summed E-state index contributed by atoms with van der Waals surface area (Å²) in [6, 6.07) is 4.50. The highest BCUT2D eigenvalue weighted by Crippen LogP contribution is 2.22. The Balaban J connectivity index is 2.08. The second kappa shape index (κ2) is 11.6. The Bertz CT molecular complexity index is 966. The lowest BCUT2D eigenvalue weighted by Crippen LogP contribution is -2.45. The van der Waals surface area contributed by atoms with E-state index in [4.69, 9.17) is 4.74 Å². The van der Waals surface area contributed by atoms with E-state index in [0.29, 0.717) is 51.2 Å². The largest absolute Gasteiger partial charge is 0.466 e. The van der Waals surface area contributed by atoms with E-state index in [-0.39, 0.29) is 34.8 Å². The summed E-state index contributed by atoms with van der Waals surface area (Å²) in [4.78, 5) is 40.7. The van der Waals surface area contributed by atoms with Crippen LogP contribution in [0.1, 0.15) is 49.5 Å². The molecule has 1 aromatic rings. The van der Waals surface area contributed by atoms with Gasteiger partial charge in [0, 0.05) is 38.8 Å². The fourth-order valence-corrected chi connectivity index (χ4v) is 5.39. The molecular weight excluding hydrogens is 446 g/mol. The van der Waals surface area contributed by atoms with Gasteiger partial charge >= 0.3 is 5.97 Å². The van der Waals surface area contributed by atoms with Crippen molar-refractivity contribution in [3.8, 4) is 0 Å². The summed E-state index contributed by atoms with van der Waals surface area (Å²) in [7, 11) is -2.18. The van der Waals surface area contributed by atoms with E-state index in [1.54, 1.807) is 38.7 Å². The number of esters is 1. The van der Waals surface area contributed by atoms with Gasteiger partial charge in [-0.15, -0.1) is 0 Å². The lowest BCUT2D eigenvalue weighted by molar-refractivity contribution is -0.151. The molecule has 0 N–H and O–H groups in total. The minimum Gasteiger partial charge on any atom is -0.466 e. The summed E-state index contributed by atoms with van der Waals surface area (Å²) >= 11 is 0. The minimum atomic E-state index is -3.71. The van der Waals surface area contributed by atoms with Gasteiger partial charge in [0.2, 0.25) is 15.9 Å². The highest BCUT2D eigenvalue weighted by atomic mass is 32.2. The molecule has 0 atom stereocenters. The van der Waals surface area contributed by atoms with E-state index in [0.717, 1.165) is 0 Å². The van der Waals surface area contributed by atoms with Crippen molar-refractivity contribution >= 4 is 27.8 Å². The van der Waals surface area contributed by atoms with Crippen molar-refractivity contribution < 1.29 is 27.5 Å². The van der Waals surface area contributed by atoms with E-state index in [9.17, 15) is 22.8 Å². The van der Waals surface area contributed by atoms with Gasteiger partial charge in [-0.05, 0) is 44.4 Å². The molecule has 0 aromatic heterocycles. The summed E-state index contributed by atoms with van der Waals surface area (Å²) in [6.07, 6.45) is 1.07. The molecule has 1 aromatic carbocycles. The number of carbonyl (C=O) groups is 3. The second-order valence-electron chi connectivity index (χ2n) is 8.13. The SMILES string of the molecule is CCOC(=O)C1CCN(C(=O)CN(C)C(=O)c2cc(S(=O)(=O)N(CC)CC)ccc2C)CC1. The monoisotopic (exact) mass is 481 g/mol. The summed E-state index contributed by atoms with van der Waals surface area (Å²) in [5, 5.41) is 0. The van der Waals surface area contributed by atoms with Crippen LogP contribution in [0.5, 0.6) is 0 Å². The van der Waals surface area contributed by atoms with Gasteiger partial charge in [-0.1, -0.05) is 19.9 Å². The Morgan fingerprint density at radius 1 is 1.09 bits per heavy atom. The fourth-order valence-electron chi connectivity index (χ4n) is 3.91. The number of ether oxygens (including phenoxy) is 1. The van der Waals surface area contributed by atoms with Crippen LogP contribution in [0.3, 0.4) is 0 Å². The van der Waals surface area contributed by atoms with E-state index in [1.807, 2.05) is 0 Å². The maximum Gasteiger partial charge on any atom is 0.309 e. The smallest absolute Gasteiger partial charge is 0.309 e. The molecule has 1 aliphatic rings. The van der Waals surface area contributed by atoms with Crippen LogP contribution in [0.25, 0.3) is 0 Å². The number of likely N-dealkylation sites (tertiary alicyclic amines) is 1. The molecule has 1 aliphatic heterocycles. The van der Waals surface area contributed by atoms with E-state index < -0.39 is 15.9 Å². The van der Waals surface area contributed by atoms with Gasteiger partial charge < -0.3 is 14.5 Å². The Hall–Kier alpha value is -2.46. The summed E-state index contributed by atoms with van der Waals surface area (Å²) in [5.41, 5.74) is 0.882. The molecule has 1 fully saturated rings. The Kier molecular flexibility index (Phi) is 9.42. The van der Waals surface area contributed by atoms with Crippen molar-refractivity contribution in [2.75, 3.05) is 46.4 Å². The van der Waals surface area contributed by atoms with Gasteiger partial charge in [0.1, 0.15) is 0 Å². The zero-order chi connectivity index (χ0) is 24.8. The molecule has 0 unspecified atom stereocenters. The van der Waals surface area contributed by atoms with Crippen molar-refractivity contribution in [2.45, 2.75) is 45.4 Å². The minimum absolute atomic E-state index is 0.0564. The maximum absolute atomic E-state index is 13.1. The van der Waals surface area contributed by atoms with Crippen molar-refractivity contribution in [1.82, 2.24) is 14.1 Å². The highest BCUT2D eigenvalue weighted by Gasteiger charge is 2.30. The summed E-state index contributed by atoms with van der Waals surface area (Å²) in [6.45, 7) is 8.75. The number of piperidine rings is 1. The van der Waals surface area contributed by atoms with Gasteiger partial charge in [0.05, 0.1) is 24.0 Å². The van der Waals surface area contributed by atoms with Crippen molar-refractivity contribution in [2.24, 2.45) is 5.92 Å². The number of aryl methyl sites for hydroxylation is 1. The van der Waals surface area contributed by atoms with Gasteiger partial charge in [0.25, 0.3) is 5.91 Å². The zero-order valence-corrected chi connectivity index (χ0v) is 21.0. The number of likely N-dealkylation sites (N-methyl/N-ethyl adjacent to an activating group) is 1. The van der Waals surface area contributed by atoms with Crippen LogP contribution in [-0.4, -0.2) is 86.7 Å². The third kappa shape index (κ3) is 6.32. The molecule has 2 rings (SSSR count). The zero-order valence-electron chi connectivity index (χ0n) is 20.2. The fraction of sp³-hybridized carbons (Fsp3) is 0.609. The van der Waals surface area contributed by atoms with E-state index in [1.165, 1.54) is 28.4 Å². The number of carbonyl (C=O) groups excluding carboxylic acids is 3. The standard InChI is InChI=1S/C23H35N3O6S/c1-6-26(7-2)33(30,31)19-10-9-17(4)20(15-19)22(28)24(5)16-21(27)25-13-11-18(12-14-25)23(29)32-8-3/h9-10,15,18H,6-8,11-14,16H2,1-5H3. The first-order valence-electron chi connectivity index (χ1n) is 11.4. The molecule has 1 heterocycles. The van der Waals surface area contributed by atoms with Crippen LogP contribution in [-0.2, 0) is 24.3 Å². The molecule has 0 bridgehead atoms. The van der Waals surface area contributed by atoms with Crippen LogP contribution in [0.2, 0.25) is 0 Å². The van der Waals surface area contributed by atoms with Crippen molar-refractivity contribution in [3.63, 3.8) is 0 Å². The van der Waals surface area contributed by atoms with Crippen LogP contribution >= 0.6 is 0 Å². The Morgan fingerprint density at radius 2 is 1.70 bits per heavy atom. The average molecular weight is 482 g/mol. The summed E-state index contributed by atoms with van der Waals surface area (Å²) in [5.74, 6) is -1.06. The first kappa shape index (κ1) is 26.8. The number of hydrogen-bond donors (Lipinski definition) is 0. The van der Waals surface area contributed by atoms with Crippen LogP contribution in [0.4, 0.5) is 0 Å². The lowest BCUT2D eigenvalue weighted by Gasteiger charge is -2.32. The number of sulfonamides is 1. The predicted molar refractivity (Wildman–Crippen MR) is 124 cm³/mol. The molecule has 184 valence electrons. The number of hydrogen-bond acceptors (Lipinski definition) is 6. The van der Waals surface area contributed by atoms with Gasteiger partial charge in [-0.25, -0.2) is 8.42 Å². The quantitative estimate of drug-likeness (QED) is 0.499. The van der Waals surface area contributed by atoms with Crippen molar-refractivity contribution in [1.29, 1.82) is 0 Å². The molecule has 0 aliphatic carbocycles. The number of amides is 2. The van der Waals surface area contributed by atoms with Gasteiger partial charge in [-0.2, -0.15) is 4.31 Å². The first-order chi connectivity index (χ1) is 15.6. The van der Waals surface area contributed by atoms with Gasteiger partial charge in [-0.3, -0.25) is 14.4 Å². The van der Waals surface area contributed by atoms with Crippen LogP contribution < -0.4 is 0 Å². The second-order valence-corrected chi connectivity index (χ2v) is 10.1. The summed E-state index contributed by atoms with van der Waals surface area (Å²) < 4.78 is 32.1. The molecule has 9 nitrogen and oxygen atoms in total. The Labute approximate surface area is 196 Å². The molecule has 33 heavy (non-hydrogen) atoms. The van der Waals surface area contributed by atoms with Gasteiger partial charge in [0.15, 0.2) is 0 Å². The molecule has 0 saturated carbocycles. The Morgan fingerprint density at radius 3 is 2.24 bits per heavy atom. The molecule has 0 spiro atoms. The number of nitrogens with zero attached hydrogens (tertiary/aromatic N) is 3. The first-order valence-corrected chi connectivity index (χ1v) is 12.8. The predicted octanol–water partition coefficient (Wildman–Crippen LogP) is 1.90. The van der Waals surface area contributed by atoms with Crippen LogP contribution in [0.15, 0.2) is 23.1 Å². The van der Waals surface area contributed by atoms with Crippen molar-refractivity contribution in [3.05, 3.63) is 29.3 Å².